The van der Waals surface area contributed by atoms with Gasteiger partial charge in [0.15, 0.2) is 6.61 Å². The van der Waals surface area contributed by atoms with E-state index in [1.165, 1.54) is 17.0 Å². The van der Waals surface area contributed by atoms with Gasteiger partial charge in [-0.2, -0.15) is 13.2 Å². The van der Waals surface area contributed by atoms with Crippen LogP contribution in [0.2, 0.25) is 0 Å². The fourth-order valence-corrected chi connectivity index (χ4v) is 2.87. The summed E-state index contributed by atoms with van der Waals surface area (Å²) in [6.07, 6.45) is -4.92. The molecule has 3 amide bonds. The first kappa shape index (κ1) is 16.3. The zero-order chi connectivity index (χ0) is 17.5. The lowest BCUT2D eigenvalue weighted by Crippen LogP contribution is -2.42. The van der Waals surface area contributed by atoms with Gasteiger partial charge in [-0.15, -0.1) is 0 Å². The minimum atomic E-state index is -4.53. The van der Waals surface area contributed by atoms with Crippen LogP contribution >= 0.6 is 0 Å². The van der Waals surface area contributed by atoms with E-state index < -0.39 is 35.7 Å². The maximum absolute atomic E-state index is 12.7. The van der Waals surface area contributed by atoms with Gasteiger partial charge < -0.3 is 9.64 Å². The highest BCUT2D eigenvalue weighted by Gasteiger charge is 2.41. The van der Waals surface area contributed by atoms with Crippen LogP contribution in [-0.4, -0.2) is 53.4 Å². The normalized spacial score (nSPS) is 21.4. The third-order valence-corrected chi connectivity index (χ3v) is 4.04. The number of alkyl halides is 3. The van der Waals surface area contributed by atoms with Gasteiger partial charge in [0, 0.05) is 18.7 Å². The van der Waals surface area contributed by atoms with Crippen LogP contribution < -0.4 is 0 Å². The molecular formula is C15H13F3N2O4. The van der Waals surface area contributed by atoms with E-state index in [4.69, 9.17) is 0 Å². The summed E-state index contributed by atoms with van der Waals surface area (Å²) >= 11 is 0. The highest BCUT2D eigenvalue weighted by molar-refractivity contribution is 5.98. The van der Waals surface area contributed by atoms with Gasteiger partial charge in [-0.1, -0.05) is 6.07 Å². The van der Waals surface area contributed by atoms with Gasteiger partial charge in [-0.3, -0.25) is 9.59 Å². The lowest BCUT2D eigenvalue weighted by atomic mass is 10.1. The molecule has 2 saturated heterocycles. The fraction of sp³-hybridized carbons (Fsp3) is 0.400. The molecule has 0 saturated carbocycles. The molecule has 0 aliphatic carbocycles. The number of imide groups is 1. The number of hydrogen-bond acceptors (Lipinski definition) is 4. The summed E-state index contributed by atoms with van der Waals surface area (Å²) in [5.41, 5.74) is -0.983. The zero-order valence-corrected chi connectivity index (χ0v) is 12.4. The Morgan fingerprint density at radius 1 is 1.25 bits per heavy atom. The Morgan fingerprint density at radius 3 is 2.62 bits per heavy atom. The molecule has 1 aromatic rings. The lowest BCUT2D eigenvalue weighted by molar-refractivity contribution is -0.137. The molecule has 2 aliphatic heterocycles. The topological polar surface area (TPSA) is 66.9 Å². The lowest BCUT2D eigenvalue weighted by Gasteiger charge is -2.20. The molecular weight excluding hydrogens is 329 g/mol. The molecule has 0 unspecified atom stereocenters. The maximum atomic E-state index is 12.7. The first-order chi connectivity index (χ1) is 11.3. The monoisotopic (exact) mass is 342 g/mol. The van der Waals surface area contributed by atoms with Crippen molar-refractivity contribution in [3.05, 3.63) is 35.4 Å². The molecule has 0 N–H and O–H groups in total. The summed E-state index contributed by atoms with van der Waals surface area (Å²) in [4.78, 5) is 37.8. The van der Waals surface area contributed by atoms with E-state index in [2.05, 4.69) is 4.74 Å². The Hall–Kier alpha value is -2.58. The van der Waals surface area contributed by atoms with Crippen LogP contribution in [0.15, 0.2) is 24.3 Å². The second kappa shape index (κ2) is 5.81. The summed E-state index contributed by atoms with van der Waals surface area (Å²) in [6.45, 7) is 0.00360. The molecule has 1 atom stereocenters. The molecule has 2 aliphatic rings. The second-order valence-corrected chi connectivity index (χ2v) is 5.59. The van der Waals surface area contributed by atoms with Crippen molar-refractivity contribution in [3.8, 4) is 0 Å². The number of benzene rings is 1. The number of cyclic esters (lactones) is 1. The van der Waals surface area contributed by atoms with Crippen LogP contribution in [0.25, 0.3) is 0 Å². The van der Waals surface area contributed by atoms with Gasteiger partial charge >= 0.3 is 12.3 Å². The number of likely N-dealkylation sites (tertiary alicyclic amines) is 1. The number of ether oxygens (including phenoxy) is 1. The van der Waals surface area contributed by atoms with Crippen LogP contribution in [0, 0.1) is 0 Å². The van der Waals surface area contributed by atoms with E-state index in [-0.39, 0.29) is 25.3 Å². The standard InChI is InChI=1S/C15H13F3N2O4/c16-15(17,18)10-3-1-2-9(6-10)13(22)19-5-4-11(7-19)20-12(21)8-24-14(20)23/h1-3,6,11H,4-5,7-8H2/t11-/m1/s1. The Bertz CT molecular complexity index is 688. The zero-order valence-electron chi connectivity index (χ0n) is 12.4. The minimum Gasteiger partial charge on any atom is -0.439 e. The van der Waals surface area contributed by atoms with Crippen molar-refractivity contribution in [1.29, 1.82) is 0 Å². The van der Waals surface area contributed by atoms with Crippen molar-refractivity contribution >= 4 is 17.9 Å². The SMILES string of the molecule is O=C(c1cccc(C(F)(F)F)c1)N1CC[C@@H](N2C(=O)COC2=O)C1. The molecule has 0 aromatic heterocycles. The van der Waals surface area contributed by atoms with E-state index in [9.17, 15) is 27.6 Å². The molecule has 2 fully saturated rings. The predicted molar refractivity (Wildman–Crippen MR) is 73.9 cm³/mol. The Labute approximate surface area is 134 Å². The van der Waals surface area contributed by atoms with Crippen molar-refractivity contribution in [2.45, 2.75) is 18.6 Å². The van der Waals surface area contributed by atoms with E-state index in [1.807, 2.05) is 0 Å². The Balaban J connectivity index is 1.73. The summed E-state index contributed by atoms with van der Waals surface area (Å²) in [5.74, 6) is -1.04. The van der Waals surface area contributed by atoms with Gasteiger partial charge in [0.1, 0.15) is 0 Å². The highest BCUT2D eigenvalue weighted by atomic mass is 19.4. The van der Waals surface area contributed by atoms with E-state index in [0.717, 1.165) is 17.0 Å². The molecule has 1 aromatic carbocycles. The first-order valence-corrected chi connectivity index (χ1v) is 7.23. The predicted octanol–water partition coefficient (Wildman–Crippen LogP) is 1.90. The summed E-state index contributed by atoms with van der Waals surface area (Å²) in [6, 6.07) is 3.65. The molecule has 128 valence electrons. The van der Waals surface area contributed by atoms with Crippen LogP contribution in [0.5, 0.6) is 0 Å². The number of nitrogens with zero attached hydrogens (tertiary/aromatic N) is 2. The molecule has 9 heteroatoms. The van der Waals surface area contributed by atoms with E-state index in [1.54, 1.807) is 0 Å². The van der Waals surface area contributed by atoms with E-state index in [0.29, 0.717) is 6.42 Å². The van der Waals surface area contributed by atoms with Gasteiger partial charge in [-0.05, 0) is 24.6 Å². The molecule has 0 radical (unpaired) electrons. The fourth-order valence-electron chi connectivity index (χ4n) is 2.87. The van der Waals surface area contributed by atoms with E-state index >= 15 is 0 Å². The smallest absolute Gasteiger partial charge is 0.417 e. The van der Waals surface area contributed by atoms with Crippen molar-refractivity contribution in [1.82, 2.24) is 9.80 Å². The first-order valence-electron chi connectivity index (χ1n) is 7.23. The van der Waals surface area contributed by atoms with Gasteiger partial charge in [0.2, 0.25) is 0 Å². The number of rotatable bonds is 2. The van der Waals surface area contributed by atoms with Crippen LogP contribution in [0.4, 0.5) is 18.0 Å². The van der Waals surface area contributed by atoms with Gasteiger partial charge in [-0.25, -0.2) is 9.69 Å². The Morgan fingerprint density at radius 2 is 2.00 bits per heavy atom. The van der Waals surface area contributed by atoms with Crippen molar-refractivity contribution < 1.29 is 32.3 Å². The van der Waals surface area contributed by atoms with Crippen LogP contribution in [0.1, 0.15) is 22.3 Å². The Kier molecular flexibility index (Phi) is 3.94. The summed E-state index contributed by atoms with van der Waals surface area (Å²) in [5, 5.41) is 0. The number of carbonyl (C=O) groups excluding carboxylic acids is 3. The minimum absolute atomic E-state index is 0.0793. The number of carbonyl (C=O) groups is 3. The molecule has 2 heterocycles. The van der Waals surface area contributed by atoms with Crippen molar-refractivity contribution in [2.75, 3.05) is 19.7 Å². The number of hydrogen-bond donors (Lipinski definition) is 0. The average Bonchev–Trinajstić information content (AvgIpc) is 3.13. The largest absolute Gasteiger partial charge is 0.439 e. The molecule has 0 bridgehead atoms. The van der Waals surface area contributed by atoms with Crippen LogP contribution in [-0.2, 0) is 15.7 Å². The van der Waals surface area contributed by atoms with Crippen molar-refractivity contribution in [3.63, 3.8) is 0 Å². The molecule has 0 spiro atoms. The maximum Gasteiger partial charge on any atom is 0.417 e. The van der Waals surface area contributed by atoms with Gasteiger partial charge in [0.25, 0.3) is 11.8 Å². The van der Waals surface area contributed by atoms with Gasteiger partial charge in [0.05, 0.1) is 11.6 Å². The molecule has 24 heavy (non-hydrogen) atoms. The molecule has 3 rings (SSSR count). The second-order valence-electron chi connectivity index (χ2n) is 5.59. The van der Waals surface area contributed by atoms with Crippen LogP contribution in [0.3, 0.4) is 0 Å². The quantitative estimate of drug-likeness (QED) is 0.823. The molecule has 6 nitrogen and oxygen atoms in total. The number of amides is 3. The average molecular weight is 342 g/mol. The third kappa shape index (κ3) is 2.93. The summed E-state index contributed by atoms with van der Waals surface area (Å²) < 4.78 is 42.9. The highest BCUT2D eigenvalue weighted by Crippen LogP contribution is 2.30. The summed E-state index contributed by atoms with van der Waals surface area (Å²) in [7, 11) is 0. The number of halogens is 3. The third-order valence-electron chi connectivity index (χ3n) is 4.04. The van der Waals surface area contributed by atoms with Crippen molar-refractivity contribution in [2.24, 2.45) is 0 Å².